The molecular formula is C20H25F3N2O3. The molecule has 3 rings (SSSR count). The summed E-state index contributed by atoms with van der Waals surface area (Å²) in [6, 6.07) is 6.86. The van der Waals surface area contributed by atoms with Gasteiger partial charge in [0, 0.05) is 32.5 Å². The monoisotopic (exact) mass is 398 g/mol. The highest BCUT2D eigenvalue weighted by atomic mass is 19.4. The molecule has 2 aliphatic rings. The summed E-state index contributed by atoms with van der Waals surface area (Å²) >= 11 is 0. The summed E-state index contributed by atoms with van der Waals surface area (Å²) in [5, 5.41) is 0. The van der Waals surface area contributed by atoms with Crippen LogP contribution < -0.4 is 4.74 Å². The Balaban J connectivity index is 1.55. The molecule has 0 spiro atoms. The van der Waals surface area contributed by atoms with Crippen LogP contribution in [0.4, 0.5) is 13.2 Å². The lowest BCUT2D eigenvalue weighted by Crippen LogP contribution is -2.53. The molecule has 8 heteroatoms. The van der Waals surface area contributed by atoms with E-state index in [-0.39, 0.29) is 25.0 Å². The van der Waals surface area contributed by atoms with Crippen molar-refractivity contribution in [2.45, 2.75) is 57.3 Å². The Labute approximate surface area is 162 Å². The van der Waals surface area contributed by atoms with Crippen LogP contribution in [0.25, 0.3) is 0 Å². The van der Waals surface area contributed by atoms with Crippen LogP contribution in [0.5, 0.6) is 5.75 Å². The molecule has 0 bridgehead atoms. The number of ether oxygens (including phenoxy) is 1. The SMILES string of the molecule is CCc1cccc(OC2CCN(C(=O)C3CCCN3C(=O)C(F)(F)F)CC2)c1. The molecule has 1 atom stereocenters. The third-order valence-electron chi connectivity index (χ3n) is 5.40. The number of benzene rings is 1. The summed E-state index contributed by atoms with van der Waals surface area (Å²) in [5.41, 5.74) is 1.18. The number of nitrogens with zero attached hydrogens (tertiary/aromatic N) is 2. The molecule has 5 nitrogen and oxygen atoms in total. The molecule has 28 heavy (non-hydrogen) atoms. The number of halogens is 3. The van der Waals surface area contributed by atoms with Crippen molar-refractivity contribution in [1.29, 1.82) is 0 Å². The fraction of sp³-hybridized carbons (Fsp3) is 0.600. The van der Waals surface area contributed by atoms with E-state index in [1.807, 2.05) is 24.3 Å². The van der Waals surface area contributed by atoms with Crippen molar-refractivity contribution in [2.24, 2.45) is 0 Å². The Bertz CT molecular complexity index is 715. The largest absolute Gasteiger partial charge is 0.490 e. The molecule has 154 valence electrons. The molecule has 1 aromatic carbocycles. The minimum Gasteiger partial charge on any atom is -0.490 e. The fourth-order valence-electron chi connectivity index (χ4n) is 3.87. The number of hydrogen-bond acceptors (Lipinski definition) is 3. The molecular weight excluding hydrogens is 373 g/mol. The van der Waals surface area contributed by atoms with Crippen LogP contribution in [0.2, 0.25) is 0 Å². The van der Waals surface area contributed by atoms with E-state index < -0.39 is 18.1 Å². The minimum atomic E-state index is -4.95. The number of carbonyl (C=O) groups is 2. The maximum atomic E-state index is 12.8. The zero-order chi connectivity index (χ0) is 20.3. The average Bonchev–Trinajstić information content (AvgIpc) is 3.16. The van der Waals surface area contributed by atoms with E-state index in [0.29, 0.717) is 37.3 Å². The number of hydrogen-bond donors (Lipinski definition) is 0. The topological polar surface area (TPSA) is 49.9 Å². The first-order chi connectivity index (χ1) is 13.3. The molecule has 2 amide bonds. The highest BCUT2D eigenvalue weighted by Gasteiger charge is 2.48. The zero-order valence-electron chi connectivity index (χ0n) is 15.9. The molecule has 2 fully saturated rings. The van der Waals surface area contributed by atoms with Gasteiger partial charge in [0.25, 0.3) is 0 Å². The van der Waals surface area contributed by atoms with E-state index in [1.165, 1.54) is 5.56 Å². The molecule has 1 aromatic rings. The number of likely N-dealkylation sites (tertiary alicyclic amines) is 2. The van der Waals surface area contributed by atoms with Crippen molar-refractivity contribution in [2.75, 3.05) is 19.6 Å². The number of carbonyl (C=O) groups excluding carboxylic acids is 2. The van der Waals surface area contributed by atoms with Crippen LogP contribution in [0.1, 0.15) is 38.2 Å². The third kappa shape index (κ3) is 4.59. The standard InChI is InChI=1S/C20H25F3N2O3/c1-2-14-5-3-6-16(13-14)28-15-8-11-24(12-9-15)18(26)17-7-4-10-25(17)19(27)20(21,22)23/h3,5-6,13,15,17H,2,4,7-12H2,1H3. The van der Waals surface area contributed by atoms with E-state index in [9.17, 15) is 22.8 Å². The number of rotatable bonds is 4. The van der Waals surface area contributed by atoms with Gasteiger partial charge in [-0.05, 0) is 37.0 Å². The molecule has 2 heterocycles. The summed E-state index contributed by atoms with van der Waals surface area (Å²) in [5.74, 6) is -1.51. The van der Waals surface area contributed by atoms with Gasteiger partial charge in [-0.2, -0.15) is 13.2 Å². The van der Waals surface area contributed by atoms with Crippen molar-refractivity contribution >= 4 is 11.8 Å². The van der Waals surface area contributed by atoms with Gasteiger partial charge in [-0.25, -0.2) is 0 Å². The van der Waals surface area contributed by atoms with Crippen LogP contribution in [-0.2, 0) is 16.0 Å². The lowest BCUT2D eigenvalue weighted by atomic mass is 10.1. The van der Waals surface area contributed by atoms with Crippen LogP contribution in [0, 0.1) is 0 Å². The van der Waals surface area contributed by atoms with Gasteiger partial charge in [0.1, 0.15) is 17.9 Å². The second-order valence-electron chi connectivity index (χ2n) is 7.30. The van der Waals surface area contributed by atoms with Gasteiger partial charge in [0.05, 0.1) is 0 Å². The van der Waals surface area contributed by atoms with Crippen molar-refractivity contribution < 1.29 is 27.5 Å². The molecule has 0 radical (unpaired) electrons. The summed E-state index contributed by atoms with van der Waals surface area (Å²) in [6.07, 6.45) is -2.15. The van der Waals surface area contributed by atoms with Gasteiger partial charge >= 0.3 is 12.1 Å². The number of amides is 2. The summed E-state index contributed by atoms with van der Waals surface area (Å²) in [7, 11) is 0. The molecule has 0 N–H and O–H groups in total. The molecule has 2 saturated heterocycles. The average molecular weight is 398 g/mol. The number of alkyl halides is 3. The summed E-state index contributed by atoms with van der Waals surface area (Å²) in [6.45, 7) is 2.88. The maximum absolute atomic E-state index is 12.8. The quantitative estimate of drug-likeness (QED) is 0.783. The van der Waals surface area contributed by atoms with Gasteiger partial charge < -0.3 is 14.5 Å². The van der Waals surface area contributed by atoms with Crippen LogP contribution in [0.3, 0.4) is 0 Å². The normalized spacial score (nSPS) is 21.1. The smallest absolute Gasteiger partial charge is 0.471 e. The van der Waals surface area contributed by atoms with E-state index in [1.54, 1.807) is 4.90 Å². The maximum Gasteiger partial charge on any atom is 0.471 e. The number of aryl methyl sites for hydroxylation is 1. The lowest BCUT2D eigenvalue weighted by Gasteiger charge is -2.35. The van der Waals surface area contributed by atoms with E-state index in [0.717, 1.165) is 12.2 Å². The molecule has 0 saturated carbocycles. The predicted molar refractivity (Wildman–Crippen MR) is 96.8 cm³/mol. The van der Waals surface area contributed by atoms with E-state index >= 15 is 0 Å². The van der Waals surface area contributed by atoms with Crippen LogP contribution >= 0.6 is 0 Å². The molecule has 0 aliphatic carbocycles. The Morgan fingerprint density at radius 2 is 1.86 bits per heavy atom. The first-order valence-electron chi connectivity index (χ1n) is 9.71. The molecule has 2 aliphatic heterocycles. The van der Waals surface area contributed by atoms with Crippen LogP contribution in [0.15, 0.2) is 24.3 Å². The Hall–Kier alpha value is -2.25. The number of piperidine rings is 1. The van der Waals surface area contributed by atoms with Gasteiger partial charge in [-0.15, -0.1) is 0 Å². The zero-order valence-corrected chi connectivity index (χ0v) is 15.9. The van der Waals surface area contributed by atoms with E-state index in [4.69, 9.17) is 4.74 Å². The first kappa shape index (κ1) is 20.5. The fourth-order valence-corrected chi connectivity index (χ4v) is 3.87. The van der Waals surface area contributed by atoms with Crippen molar-refractivity contribution in [1.82, 2.24) is 9.80 Å². The van der Waals surface area contributed by atoms with Crippen LogP contribution in [-0.4, -0.2) is 59.6 Å². The predicted octanol–water partition coefficient (Wildman–Crippen LogP) is 3.17. The molecule has 0 aromatic heterocycles. The highest BCUT2D eigenvalue weighted by molar-refractivity contribution is 5.90. The summed E-state index contributed by atoms with van der Waals surface area (Å²) < 4.78 is 44.3. The second kappa shape index (κ2) is 8.41. The Morgan fingerprint density at radius 1 is 1.14 bits per heavy atom. The third-order valence-corrected chi connectivity index (χ3v) is 5.40. The molecule has 1 unspecified atom stereocenters. The first-order valence-corrected chi connectivity index (χ1v) is 9.71. The Morgan fingerprint density at radius 3 is 2.50 bits per heavy atom. The second-order valence-corrected chi connectivity index (χ2v) is 7.30. The summed E-state index contributed by atoms with van der Waals surface area (Å²) in [4.78, 5) is 26.5. The van der Waals surface area contributed by atoms with Gasteiger partial charge in [-0.1, -0.05) is 19.1 Å². The highest BCUT2D eigenvalue weighted by Crippen LogP contribution is 2.28. The lowest BCUT2D eigenvalue weighted by molar-refractivity contribution is -0.187. The van der Waals surface area contributed by atoms with Gasteiger partial charge in [-0.3, -0.25) is 9.59 Å². The van der Waals surface area contributed by atoms with Gasteiger partial charge in [0.2, 0.25) is 5.91 Å². The van der Waals surface area contributed by atoms with Crippen molar-refractivity contribution in [3.05, 3.63) is 29.8 Å². The van der Waals surface area contributed by atoms with Crippen molar-refractivity contribution in [3.8, 4) is 5.75 Å². The van der Waals surface area contributed by atoms with E-state index in [2.05, 4.69) is 6.92 Å². The Kier molecular flexibility index (Phi) is 6.15. The van der Waals surface area contributed by atoms with Gasteiger partial charge in [0.15, 0.2) is 0 Å². The minimum absolute atomic E-state index is 0.0257. The van der Waals surface area contributed by atoms with Crippen molar-refractivity contribution in [3.63, 3.8) is 0 Å².